The molecule has 1 saturated carbocycles. The van der Waals surface area contributed by atoms with E-state index in [0.717, 1.165) is 22.9 Å². The quantitative estimate of drug-likeness (QED) is 0.752. The molecule has 1 aliphatic rings. The van der Waals surface area contributed by atoms with E-state index < -0.39 is 0 Å². The summed E-state index contributed by atoms with van der Waals surface area (Å²) in [7, 11) is 0. The summed E-state index contributed by atoms with van der Waals surface area (Å²) in [5.74, 6) is 0.994. The second-order valence-corrected chi connectivity index (χ2v) is 6.52. The van der Waals surface area contributed by atoms with Crippen LogP contribution in [0.25, 0.3) is 17.0 Å². The molecule has 5 heteroatoms. The topological polar surface area (TPSA) is 42.2 Å². The van der Waals surface area contributed by atoms with Gasteiger partial charge >= 0.3 is 0 Å². The van der Waals surface area contributed by atoms with E-state index in [1.165, 1.54) is 32.1 Å². The Morgan fingerprint density at radius 3 is 2.74 bits per heavy atom. The number of rotatable bonds is 3. The first-order valence-electron chi connectivity index (χ1n) is 8.17. The van der Waals surface area contributed by atoms with Crippen LogP contribution in [0.5, 0.6) is 0 Å². The molecule has 1 aliphatic carbocycles. The average molecular weight is 327 g/mol. The predicted octanol–water partition coefficient (Wildman–Crippen LogP) is 4.79. The average Bonchev–Trinajstić information content (AvgIpc) is 2.95. The van der Waals surface area contributed by atoms with Crippen LogP contribution in [-0.2, 0) is 0 Å². The van der Waals surface area contributed by atoms with Crippen molar-refractivity contribution >= 4 is 23.1 Å². The van der Waals surface area contributed by atoms with Crippen molar-refractivity contribution in [3.05, 3.63) is 47.7 Å². The number of pyridine rings is 2. The number of aromatic nitrogens is 3. The van der Waals surface area contributed by atoms with Gasteiger partial charge in [0.1, 0.15) is 17.2 Å². The van der Waals surface area contributed by atoms with Gasteiger partial charge in [0.25, 0.3) is 0 Å². The Morgan fingerprint density at radius 2 is 1.96 bits per heavy atom. The monoisotopic (exact) mass is 326 g/mol. The number of imidazole rings is 1. The second-order valence-electron chi connectivity index (χ2n) is 6.08. The molecule has 0 aromatic carbocycles. The maximum absolute atomic E-state index is 6.20. The minimum atomic E-state index is 0.491. The van der Waals surface area contributed by atoms with Crippen LogP contribution < -0.4 is 5.32 Å². The SMILES string of the molecule is Clc1ccc2nc(-c3ccccn3)c(NC3CCCCC3)n2c1. The number of hydrogen-bond acceptors (Lipinski definition) is 3. The zero-order valence-corrected chi connectivity index (χ0v) is 13.6. The predicted molar refractivity (Wildman–Crippen MR) is 93.9 cm³/mol. The molecule has 0 aliphatic heterocycles. The van der Waals surface area contributed by atoms with Gasteiger partial charge < -0.3 is 5.32 Å². The van der Waals surface area contributed by atoms with Crippen LogP contribution in [0.15, 0.2) is 42.7 Å². The van der Waals surface area contributed by atoms with E-state index in [-0.39, 0.29) is 0 Å². The van der Waals surface area contributed by atoms with Gasteiger partial charge in [-0.2, -0.15) is 0 Å². The third kappa shape index (κ3) is 2.91. The summed E-state index contributed by atoms with van der Waals surface area (Å²) >= 11 is 6.20. The van der Waals surface area contributed by atoms with E-state index in [0.29, 0.717) is 11.1 Å². The fourth-order valence-corrected chi connectivity index (χ4v) is 3.44. The number of hydrogen-bond donors (Lipinski definition) is 1. The summed E-state index contributed by atoms with van der Waals surface area (Å²) in [5.41, 5.74) is 2.65. The number of halogens is 1. The van der Waals surface area contributed by atoms with Crippen molar-refractivity contribution in [3.63, 3.8) is 0 Å². The van der Waals surface area contributed by atoms with Gasteiger partial charge in [0.15, 0.2) is 0 Å². The molecule has 0 unspecified atom stereocenters. The highest BCUT2D eigenvalue weighted by Gasteiger charge is 2.20. The molecule has 0 radical (unpaired) electrons. The van der Waals surface area contributed by atoms with Gasteiger partial charge in [-0.15, -0.1) is 0 Å². The van der Waals surface area contributed by atoms with Crippen LogP contribution in [0.3, 0.4) is 0 Å². The Morgan fingerprint density at radius 1 is 1.09 bits per heavy atom. The molecule has 3 heterocycles. The molecular formula is C18H19ClN4. The lowest BCUT2D eigenvalue weighted by molar-refractivity contribution is 0.461. The lowest BCUT2D eigenvalue weighted by Crippen LogP contribution is -2.23. The van der Waals surface area contributed by atoms with Crippen LogP contribution in [0.2, 0.25) is 5.02 Å². The Kier molecular flexibility index (Phi) is 3.92. The Balaban J connectivity index is 1.82. The van der Waals surface area contributed by atoms with Gasteiger partial charge in [0, 0.05) is 18.4 Å². The minimum absolute atomic E-state index is 0.491. The van der Waals surface area contributed by atoms with Crippen molar-refractivity contribution < 1.29 is 0 Å². The Labute approximate surface area is 140 Å². The molecule has 4 rings (SSSR count). The van der Waals surface area contributed by atoms with Gasteiger partial charge in [0.2, 0.25) is 0 Å². The molecule has 1 fully saturated rings. The van der Waals surface area contributed by atoms with Crippen LogP contribution >= 0.6 is 11.6 Å². The van der Waals surface area contributed by atoms with Crippen LogP contribution in [0.1, 0.15) is 32.1 Å². The van der Waals surface area contributed by atoms with Gasteiger partial charge in [-0.1, -0.05) is 36.9 Å². The lowest BCUT2D eigenvalue weighted by Gasteiger charge is -2.24. The summed E-state index contributed by atoms with van der Waals surface area (Å²) in [6, 6.07) is 10.2. The standard InChI is InChI=1S/C18H19ClN4/c19-13-9-10-16-22-17(15-8-4-5-11-20-15)18(23(16)12-13)21-14-6-2-1-3-7-14/h4-5,8-12,14,21H,1-3,6-7H2. The summed E-state index contributed by atoms with van der Waals surface area (Å²) in [4.78, 5) is 9.24. The maximum Gasteiger partial charge on any atom is 0.140 e. The molecule has 0 amide bonds. The van der Waals surface area contributed by atoms with Gasteiger partial charge in [-0.25, -0.2) is 4.98 Å². The molecule has 118 valence electrons. The van der Waals surface area contributed by atoms with E-state index >= 15 is 0 Å². The van der Waals surface area contributed by atoms with Gasteiger partial charge in [0.05, 0.1) is 10.7 Å². The molecule has 3 aromatic rings. The highest BCUT2D eigenvalue weighted by molar-refractivity contribution is 6.30. The highest BCUT2D eigenvalue weighted by Crippen LogP contribution is 2.31. The van der Waals surface area contributed by atoms with Crippen molar-refractivity contribution in [3.8, 4) is 11.4 Å². The van der Waals surface area contributed by atoms with E-state index in [4.69, 9.17) is 16.6 Å². The lowest BCUT2D eigenvalue weighted by atomic mass is 9.95. The smallest absolute Gasteiger partial charge is 0.140 e. The molecule has 0 spiro atoms. The largest absolute Gasteiger partial charge is 0.367 e. The fraction of sp³-hybridized carbons (Fsp3) is 0.333. The molecule has 0 saturated heterocycles. The van der Waals surface area contributed by atoms with Crippen LogP contribution in [-0.4, -0.2) is 20.4 Å². The van der Waals surface area contributed by atoms with Crippen LogP contribution in [0, 0.1) is 0 Å². The van der Waals surface area contributed by atoms with Crippen molar-refractivity contribution in [1.82, 2.24) is 14.4 Å². The maximum atomic E-state index is 6.20. The second kappa shape index (κ2) is 6.20. The van der Waals surface area contributed by atoms with Crippen molar-refractivity contribution in [1.29, 1.82) is 0 Å². The molecular weight excluding hydrogens is 308 g/mol. The first-order chi connectivity index (χ1) is 11.3. The Hall–Kier alpha value is -2.07. The Bertz CT molecular complexity index is 807. The summed E-state index contributed by atoms with van der Waals surface area (Å²) < 4.78 is 2.04. The number of nitrogens with one attached hydrogen (secondary N) is 1. The molecule has 1 N–H and O–H groups in total. The molecule has 23 heavy (non-hydrogen) atoms. The van der Waals surface area contributed by atoms with Gasteiger partial charge in [-0.3, -0.25) is 9.38 Å². The van der Waals surface area contributed by atoms with E-state index in [9.17, 15) is 0 Å². The zero-order chi connectivity index (χ0) is 15.6. The number of nitrogens with zero attached hydrogens (tertiary/aromatic N) is 3. The third-order valence-electron chi connectivity index (χ3n) is 4.44. The zero-order valence-electron chi connectivity index (χ0n) is 12.9. The summed E-state index contributed by atoms with van der Waals surface area (Å²) in [6.07, 6.45) is 10.0. The minimum Gasteiger partial charge on any atom is -0.367 e. The van der Waals surface area contributed by atoms with E-state index in [1.807, 2.05) is 40.9 Å². The normalized spacial score (nSPS) is 15.9. The number of fused-ring (bicyclic) bond motifs is 1. The number of anilines is 1. The molecule has 0 atom stereocenters. The van der Waals surface area contributed by atoms with E-state index in [2.05, 4.69) is 10.3 Å². The molecule has 4 nitrogen and oxygen atoms in total. The summed E-state index contributed by atoms with van der Waals surface area (Å²) in [6.45, 7) is 0. The molecule has 3 aromatic heterocycles. The third-order valence-corrected chi connectivity index (χ3v) is 4.66. The van der Waals surface area contributed by atoms with Crippen molar-refractivity contribution in [2.45, 2.75) is 38.1 Å². The van der Waals surface area contributed by atoms with Crippen LogP contribution in [0.4, 0.5) is 5.82 Å². The first kappa shape index (κ1) is 14.5. The van der Waals surface area contributed by atoms with Gasteiger partial charge in [-0.05, 0) is 37.1 Å². The fourth-order valence-electron chi connectivity index (χ4n) is 3.28. The van der Waals surface area contributed by atoms with Crippen molar-refractivity contribution in [2.24, 2.45) is 0 Å². The van der Waals surface area contributed by atoms with E-state index in [1.54, 1.807) is 6.20 Å². The first-order valence-corrected chi connectivity index (χ1v) is 8.54. The molecule has 0 bridgehead atoms. The summed E-state index contributed by atoms with van der Waals surface area (Å²) in [5, 5.41) is 4.40. The van der Waals surface area contributed by atoms with Crippen molar-refractivity contribution in [2.75, 3.05) is 5.32 Å². The highest BCUT2D eigenvalue weighted by atomic mass is 35.5.